The molecule has 7 nitrogen and oxygen atoms in total. The molecule has 2 heterocycles. The van der Waals surface area contributed by atoms with Gasteiger partial charge in [0.05, 0.1) is 6.10 Å². The summed E-state index contributed by atoms with van der Waals surface area (Å²) in [7, 11) is 0. The van der Waals surface area contributed by atoms with Gasteiger partial charge in [0, 0.05) is 18.3 Å². The summed E-state index contributed by atoms with van der Waals surface area (Å²) in [5, 5.41) is 20.6. The molecule has 23 heavy (non-hydrogen) atoms. The van der Waals surface area contributed by atoms with Gasteiger partial charge in [-0.1, -0.05) is 27.2 Å². The molecule has 0 amide bonds. The molecule has 1 aliphatic heterocycles. The van der Waals surface area contributed by atoms with E-state index < -0.39 is 24.5 Å². The highest BCUT2D eigenvalue weighted by molar-refractivity contribution is 7.71. The van der Waals surface area contributed by atoms with Gasteiger partial charge in [0.2, 0.25) is 0 Å². The van der Waals surface area contributed by atoms with Gasteiger partial charge >= 0.3 is 0 Å². The van der Waals surface area contributed by atoms with E-state index in [1.54, 1.807) is 0 Å². The smallest absolute Gasteiger partial charge is 0.256 e. The molecule has 8 heteroatoms. The predicted molar refractivity (Wildman–Crippen MR) is 88.4 cm³/mol. The second-order valence-electron chi connectivity index (χ2n) is 6.79. The summed E-state index contributed by atoms with van der Waals surface area (Å²) in [4.78, 5) is 14.2. The molecular formula is C15H25N3O4S. The van der Waals surface area contributed by atoms with Crippen LogP contribution in [0.1, 0.15) is 45.4 Å². The molecule has 2 rings (SSSR count). The largest absolute Gasteiger partial charge is 0.388 e. The Kier molecular flexibility index (Phi) is 5.42. The van der Waals surface area contributed by atoms with E-state index in [1.807, 2.05) is 0 Å². The van der Waals surface area contributed by atoms with E-state index >= 15 is 0 Å². The molecule has 1 aromatic rings. The van der Waals surface area contributed by atoms with Gasteiger partial charge in [0.25, 0.3) is 5.56 Å². The maximum Gasteiger partial charge on any atom is 0.256 e. The lowest BCUT2D eigenvalue weighted by atomic mass is 9.83. The fourth-order valence-electron chi connectivity index (χ4n) is 2.68. The summed E-state index contributed by atoms with van der Waals surface area (Å²) in [6, 6.07) is 0. The molecule has 1 fully saturated rings. The molecule has 1 aromatic heterocycles. The van der Waals surface area contributed by atoms with Crippen molar-refractivity contribution >= 4 is 12.2 Å². The molecule has 0 aromatic carbocycles. The number of hydrogen-bond acceptors (Lipinski definition) is 6. The number of nitrogens with one attached hydrogen (secondary N) is 1. The molecule has 4 atom stereocenters. The molecule has 0 aliphatic carbocycles. The highest BCUT2D eigenvalue weighted by Gasteiger charge is 2.45. The van der Waals surface area contributed by atoms with Crippen LogP contribution in [0.25, 0.3) is 0 Å². The Balaban J connectivity index is 2.31. The Morgan fingerprint density at radius 3 is 2.65 bits per heavy atom. The highest BCUT2D eigenvalue weighted by atomic mass is 32.1. The molecule has 0 radical (unpaired) electrons. The van der Waals surface area contributed by atoms with E-state index in [4.69, 9.17) is 22.7 Å². The standard InChI is InChI=1S/C15H25N3O4S/c1-4-15(2,3)5-9-10(19)11(20)13(22-9)18-7-8(6-16)12(21)17-14(18)23/h7,9-11,13,19-20H,4-6,16H2,1-3H3,(H,17,21,23)/t9-,10-,11-,13?/m1/s1. The number of rotatable bonds is 5. The Hall–Kier alpha value is -1.06. The summed E-state index contributed by atoms with van der Waals surface area (Å²) < 4.78 is 7.44. The van der Waals surface area contributed by atoms with Gasteiger partial charge in [-0.2, -0.15) is 0 Å². The summed E-state index contributed by atoms with van der Waals surface area (Å²) in [6.45, 7) is 6.28. The maximum atomic E-state index is 11.7. The van der Waals surface area contributed by atoms with Crippen molar-refractivity contribution in [2.75, 3.05) is 0 Å². The van der Waals surface area contributed by atoms with Crippen molar-refractivity contribution in [3.8, 4) is 0 Å². The lowest BCUT2D eigenvalue weighted by Gasteiger charge is -2.27. The summed E-state index contributed by atoms with van der Waals surface area (Å²) >= 11 is 5.14. The van der Waals surface area contributed by atoms with Crippen LogP contribution in [-0.4, -0.2) is 38.1 Å². The minimum atomic E-state index is -1.13. The highest BCUT2D eigenvalue weighted by Crippen LogP contribution is 2.37. The van der Waals surface area contributed by atoms with Crippen molar-refractivity contribution < 1.29 is 14.9 Å². The van der Waals surface area contributed by atoms with Crippen LogP contribution in [0.5, 0.6) is 0 Å². The Morgan fingerprint density at radius 1 is 1.43 bits per heavy atom. The zero-order chi connectivity index (χ0) is 17.4. The van der Waals surface area contributed by atoms with Crippen LogP contribution in [0.15, 0.2) is 11.0 Å². The number of aromatic amines is 1. The van der Waals surface area contributed by atoms with Gasteiger partial charge in [-0.25, -0.2) is 0 Å². The fraction of sp³-hybridized carbons (Fsp3) is 0.733. The van der Waals surface area contributed by atoms with Crippen molar-refractivity contribution in [1.29, 1.82) is 0 Å². The van der Waals surface area contributed by atoms with Crippen LogP contribution in [0, 0.1) is 10.2 Å². The number of aromatic nitrogens is 2. The number of nitrogens with zero attached hydrogens (tertiary/aromatic N) is 1. The third kappa shape index (κ3) is 3.72. The van der Waals surface area contributed by atoms with E-state index in [2.05, 4.69) is 25.8 Å². The van der Waals surface area contributed by atoms with E-state index in [-0.39, 0.29) is 22.3 Å². The quantitative estimate of drug-likeness (QED) is 0.589. The van der Waals surface area contributed by atoms with Crippen LogP contribution < -0.4 is 11.3 Å². The third-order valence-corrected chi connectivity index (χ3v) is 4.90. The van der Waals surface area contributed by atoms with Crippen LogP contribution in [0.2, 0.25) is 0 Å². The van der Waals surface area contributed by atoms with E-state index in [0.717, 1.165) is 6.42 Å². The van der Waals surface area contributed by atoms with Crippen molar-refractivity contribution in [1.82, 2.24) is 9.55 Å². The molecular weight excluding hydrogens is 318 g/mol. The predicted octanol–water partition coefficient (Wildman–Crippen LogP) is 0.810. The average Bonchev–Trinajstić information content (AvgIpc) is 2.75. The monoisotopic (exact) mass is 343 g/mol. The van der Waals surface area contributed by atoms with Gasteiger partial charge in [-0.3, -0.25) is 14.3 Å². The lowest BCUT2D eigenvalue weighted by Crippen LogP contribution is -2.34. The number of ether oxygens (including phenoxy) is 1. The van der Waals surface area contributed by atoms with Crippen LogP contribution in [-0.2, 0) is 11.3 Å². The Labute approximate surface area is 140 Å². The SMILES string of the molecule is CCC(C)(C)C[C@H]1OC(n2cc(CN)c(=O)[nH]c2=S)[C@H](O)[C@@H]1O. The van der Waals surface area contributed by atoms with Gasteiger partial charge in [-0.15, -0.1) is 0 Å². The average molecular weight is 343 g/mol. The third-order valence-electron chi connectivity index (χ3n) is 4.58. The Morgan fingerprint density at radius 2 is 2.09 bits per heavy atom. The van der Waals surface area contributed by atoms with Crippen molar-refractivity contribution in [3.05, 3.63) is 26.9 Å². The van der Waals surface area contributed by atoms with Gasteiger partial charge < -0.3 is 20.7 Å². The first-order chi connectivity index (χ1) is 10.7. The topological polar surface area (TPSA) is 114 Å². The summed E-state index contributed by atoms with van der Waals surface area (Å²) in [5.41, 5.74) is 5.50. The summed E-state index contributed by atoms with van der Waals surface area (Å²) in [6.07, 6.45) is -0.474. The van der Waals surface area contributed by atoms with Crippen LogP contribution in [0.4, 0.5) is 0 Å². The molecule has 5 N–H and O–H groups in total. The second-order valence-corrected chi connectivity index (χ2v) is 7.18. The molecule has 1 saturated heterocycles. The van der Waals surface area contributed by atoms with Crippen LogP contribution >= 0.6 is 12.2 Å². The first-order valence-electron chi connectivity index (χ1n) is 7.76. The van der Waals surface area contributed by atoms with Crippen molar-refractivity contribution in [2.24, 2.45) is 11.1 Å². The number of aliphatic hydroxyl groups is 2. The summed E-state index contributed by atoms with van der Waals surface area (Å²) in [5.74, 6) is 0. The van der Waals surface area contributed by atoms with Gasteiger partial charge in [-0.05, 0) is 24.1 Å². The molecule has 1 aliphatic rings. The van der Waals surface area contributed by atoms with Gasteiger partial charge in [0.1, 0.15) is 12.2 Å². The lowest BCUT2D eigenvalue weighted by molar-refractivity contribution is -0.0507. The normalized spacial score (nSPS) is 28.3. The molecule has 1 unspecified atom stereocenters. The van der Waals surface area contributed by atoms with E-state index in [0.29, 0.717) is 12.0 Å². The number of nitrogens with two attached hydrogens (primary N) is 1. The zero-order valence-corrected chi connectivity index (χ0v) is 14.5. The number of H-pyrrole nitrogens is 1. The second kappa shape index (κ2) is 6.82. The van der Waals surface area contributed by atoms with Crippen LogP contribution in [0.3, 0.4) is 0 Å². The minimum Gasteiger partial charge on any atom is -0.388 e. The fourth-order valence-corrected chi connectivity index (χ4v) is 2.93. The van der Waals surface area contributed by atoms with Crippen molar-refractivity contribution in [2.45, 2.75) is 64.7 Å². The molecule has 0 saturated carbocycles. The molecule has 0 spiro atoms. The Bertz CT molecular complexity index is 669. The van der Waals surface area contributed by atoms with E-state index in [9.17, 15) is 15.0 Å². The number of aliphatic hydroxyl groups excluding tert-OH is 2. The zero-order valence-electron chi connectivity index (χ0n) is 13.7. The molecule has 0 bridgehead atoms. The minimum absolute atomic E-state index is 0.0187. The first-order valence-corrected chi connectivity index (χ1v) is 8.17. The molecule has 130 valence electrons. The van der Waals surface area contributed by atoms with E-state index in [1.165, 1.54) is 10.8 Å². The van der Waals surface area contributed by atoms with Crippen molar-refractivity contribution in [3.63, 3.8) is 0 Å². The first kappa shape index (κ1) is 18.3. The number of hydrogen-bond donors (Lipinski definition) is 4. The maximum absolute atomic E-state index is 11.7. The van der Waals surface area contributed by atoms with Gasteiger partial charge in [0.15, 0.2) is 11.0 Å².